The van der Waals surface area contributed by atoms with E-state index in [0.717, 1.165) is 28.3 Å². The van der Waals surface area contributed by atoms with E-state index in [1.165, 1.54) is 12.1 Å². The van der Waals surface area contributed by atoms with Crippen LogP contribution in [-0.4, -0.2) is 11.7 Å². The highest BCUT2D eigenvalue weighted by Gasteiger charge is 2.01. The van der Waals surface area contributed by atoms with Gasteiger partial charge < -0.3 is 20.1 Å². The first-order valence-electron chi connectivity index (χ1n) is 9.36. The molecule has 0 aliphatic rings. The van der Waals surface area contributed by atoms with Crippen LogP contribution in [0.3, 0.4) is 0 Å². The van der Waals surface area contributed by atoms with E-state index >= 15 is 0 Å². The number of benzene rings is 3. The van der Waals surface area contributed by atoms with Crippen LogP contribution in [0.2, 0.25) is 0 Å². The van der Waals surface area contributed by atoms with E-state index in [2.05, 4.69) is 10.6 Å². The van der Waals surface area contributed by atoms with Crippen LogP contribution in [0.25, 0.3) is 0 Å². The molecule has 0 bridgehead atoms. The minimum atomic E-state index is -0.250. The predicted molar refractivity (Wildman–Crippen MR) is 118 cm³/mol. The van der Waals surface area contributed by atoms with E-state index in [0.29, 0.717) is 24.9 Å². The third kappa shape index (κ3) is 6.76. The second-order valence-corrected chi connectivity index (χ2v) is 6.73. The maximum absolute atomic E-state index is 12.9. The van der Waals surface area contributed by atoms with Crippen LogP contribution in [0, 0.1) is 5.82 Å². The van der Waals surface area contributed by atoms with Gasteiger partial charge in [-0.05, 0) is 78.8 Å². The molecular formula is C23H23FN2O2S. The molecule has 0 radical (unpaired) electrons. The number of ether oxygens (including phenoxy) is 2. The highest BCUT2D eigenvalue weighted by atomic mass is 32.1. The predicted octanol–water partition coefficient (Wildman–Crippen LogP) is 5.29. The topological polar surface area (TPSA) is 42.5 Å². The van der Waals surface area contributed by atoms with Gasteiger partial charge in [0.1, 0.15) is 23.9 Å². The van der Waals surface area contributed by atoms with E-state index in [1.54, 1.807) is 12.1 Å². The number of anilines is 1. The van der Waals surface area contributed by atoms with E-state index in [-0.39, 0.29) is 5.82 Å². The summed E-state index contributed by atoms with van der Waals surface area (Å²) in [5.41, 5.74) is 2.90. The van der Waals surface area contributed by atoms with E-state index in [4.69, 9.17) is 21.7 Å². The Balaban J connectivity index is 1.43. The highest BCUT2D eigenvalue weighted by molar-refractivity contribution is 7.80. The van der Waals surface area contributed by atoms with E-state index in [1.807, 2.05) is 55.5 Å². The number of halogens is 1. The Kier molecular flexibility index (Phi) is 7.41. The number of nitrogens with one attached hydrogen (secondary N) is 2. The number of thiocarbonyl (C=S) groups is 1. The van der Waals surface area contributed by atoms with Gasteiger partial charge in [-0.3, -0.25) is 0 Å². The van der Waals surface area contributed by atoms with Gasteiger partial charge in [0.15, 0.2) is 5.11 Å². The van der Waals surface area contributed by atoms with Gasteiger partial charge in [0.2, 0.25) is 0 Å². The quantitative estimate of drug-likeness (QED) is 0.494. The van der Waals surface area contributed by atoms with E-state index in [9.17, 15) is 4.39 Å². The van der Waals surface area contributed by atoms with E-state index < -0.39 is 0 Å². The smallest absolute Gasteiger partial charge is 0.171 e. The lowest BCUT2D eigenvalue weighted by Crippen LogP contribution is -2.27. The summed E-state index contributed by atoms with van der Waals surface area (Å²) in [4.78, 5) is 0. The summed E-state index contributed by atoms with van der Waals surface area (Å²) in [6.45, 7) is 3.59. The van der Waals surface area contributed by atoms with Crippen LogP contribution >= 0.6 is 12.2 Å². The maximum atomic E-state index is 12.9. The molecule has 150 valence electrons. The van der Waals surface area contributed by atoms with Crippen molar-refractivity contribution in [2.45, 2.75) is 20.1 Å². The van der Waals surface area contributed by atoms with Crippen molar-refractivity contribution in [1.82, 2.24) is 5.32 Å². The highest BCUT2D eigenvalue weighted by Crippen LogP contribution is 2.16. The lowest BCUT2D eigenvalue weighted by Gasteiger charge is -2.12. The minimum absolute atomic E-state index is 0.250. The monoisotopic (exact) mass is 410 g/mol. The molecule has 0 unspecified atom stereocenters. The van der Waals surface area contributed by atoms with Crippen molar-refractivity contribution in [2.24, 2.45) is 0 Å². The molecule has 0 amide bonds. The molecule has 2 N–H and O–H groups in total. The maximum Gasteiger partial charge on any atom is 0.171 e. The van der Waals surface area contributed by atoms with Crippen molar-refractivity contribution in [3.05, 3.63) is 89.7 Å². The molecule has 0 saturated carbocycles. The molecule has 0 atom stereocenters. The third-order valence-electron chi connectivity index (χ3n) is 4.12. The Bertz CT molecular complexity index is 913. The van der Waals surface area contributed by atoms with Crippen LogP contribution in [0.4, 0.5) is 10.1 Å². The van der Waals surface area contributed by atoms with Gasteiger partial charge in [-0.2, -0.15) is 0 Å². The van der Waals surface area contributed by atoms with Crippen LogP contribution in [0.5, 0.6) is 11.5 Å². The lowest BCUT2D eigenvalue weighted by atomic mass is 10.2. The summed E-state index contributed by atoms with van der Waals surface area (Å²) < 4.78 is 24.1. The van der Waals surface area contributed by atoms with Crippen molar-refractivity contribution in [3.63, 3.8) is 0 Å². The second kappa shape index (κ2) is 10.4. The van der Waals surface area contributed by atoms with Gasteiger partial charge in [-0.15, -0.1) is 0 Å². The SMILES string of the molecule is CCOc1ccc(NC(=S)NCc2ccc(OCc3ccc(F)cc3)cc2)cc1. The van der Waals surface area contributed by atoms with Gasteiger partial charge in [0.25, 0.3) is 0 Å². The van der Waals surface area contributed by atoms with Crippen molar-refractivity contribution in [3.8, 4) is 11.5 Å². The fourth-order valence-electron chi connectivity index (χ4n) is 2.61. The molecule has 3 aromatic carbocycles. The first-order valence-corrected chi connectivity index (χ1v) is 9.77. The molecule has 0 saturated heterocycles. The van der Waals surface area contributed by atoms with Gasteiger partial charge in [-0.1, -0.05) is 24.3 Å². The van der Waals surface area contributed by atoms with Gasteiger partial charge in [0.05, 0.1) is 6.61 Å². The number of hydrogen-bond acceptors (Lipinski definition) is 3. The zero-order valence-electron chi connectivity index (χ0n) is 16.2. The Morgan fingerprint density at radius 1 is 0.828 bits per heavy atom. The van der Waals surface area contributed by atoms with Crippen LogP contribution in [-0.2, 0) is 13.2 Å². The van der Waals surface area contributed by atoms with Gasteiger partial charge >= 0.3 is 0 Å². The van der Waals surface area contributed by atoms with Gasteiger partial charge in [-0.25, -0.2) is 4.39 Å². The summed E-state index contributed by atoms with van der Waals surface area (Å²) in [6.07, 6.45) is 0. The fraction of sp³-hybridized carbons (Fsp3) is 0.174. The second-order valence-electron chi connectivity index (χ2n) is 6.32. The first kappa shape index (κ1) is 20.6. The van der Waals surface area contributed by atoms with Gasteiger partial charge in [0, 0.05) is 12.2 Å². The molecule has 0 fully saturated rings. The summed E-state index contributed by atoms with van der Waals surface area (Å²) in [6, 6.07) is 21.7. The molecule has 0 aromatic heterocycles. The molecule has 3 rings (SSSR count). The zero-order valence-corrected chi connectivity index (χ0v) is 17.0. The zero-order chi connectivity index (χ0) is 20.5. The summed E-state index contributed by atoms with van der Waals surface area (Å²) in [7, 11) is 0. The molecule has 0 aliphatic heterocycles. The normalized spacial score (nSPS) is 10.3. The molecule has 0 aliphatic carbocycles. The number of hydrogen-bond donors (Lipinski definition) is 2. The minimum Gasteiger partial charge on any atom is -0.494 e. The summed E-state index contributed by atoms with van der Waals surface area (Å²) >= 11 is 5.35. The Morgan fingerprint density at radius 2 is 1.41 bits per heavy atom. The first-order chi connectivity index (χ1) is 14.1. The third-order valence-corrected chi connectivity index (χ3v) is 4.36. The van der Waals surface area contributed by atoms with Crippen molar-refractivity contribution >= 4 is 23.0 Å². The van der Waals surface area contributed by atoms with Crippen LogP contribution in [0.15, 0.2) is 72.8 Å². The Morgan fingerprint density at radius 3 is 2.07 bits per heavy atom. The molecular weight excluding hydrogens is 387 g/mol. The molecule has 0 spiro atoms. The Hall–Kier alpha value is -3.12. The number of rotatable bonds is 8. The van der Waals surface area contributed by atoms with Crippen LogP contribution in [0.1, 0.15) is 18.1 Å². The van der Waals surface area contributed by atoms with Crippen molar-refractivity contribution < 1.29 is 13.9 Å². The molecule has 29 heavy (non-hydrogen) atoms. The molecule has 3 aromatic rings. The molecule has 4 nitrogen and oxygen atoms in total. The Labute approximate surface area is 175 Å². The van der Waals surface area contributed by atoms with Crippen molar-refractivity contribution in [2.75, 3.05) is 11.9 Å². The van der Waals surface area contributed by atoms with Crippen molar-refractivity contribution in [1.29, 1.82) is 0 Å². The largest absolute Gasteiger partial charge is 0.494 e. The standard InChI is InChI=1S/C23H23FN2O2S/c1-2-27-21-13-9-20(10-14-21)26-23(29)25-15-17-5-11-22(12-6-17)28-16-18-3-7-19(24)8-4-18/h3-14H,2,15-16H2,1H3,(H2,25,26,29). The lowest BCUT2D eigenvalue weighted by molar-refractivity contribution is 0.306. The summed E-state index contributed by atoms with van der Waals surface area (Å²) in [5.74, 6) is 1.34. The molecule has 6 heteroatoms. The molecule has 0 heterocycles. The average molecular weight is 411 g/mol. The average Bonchev–Trinajstić information content (AvgIpc) is 2.74. The fourth-order valence-corrected chi connectivity index (χ4v) is 2.80. The summed E-state index contributed by atoms with van der Waals surface area (Å²) in [5, 5.41) is 6.88. The van der Waals surface area contributed by atoms with Crippen LogP contribution < -0.4 is 20.1 Å².